The van der Waals surface area contributed by atoms with Crippen LogP contribution in [-0.4, -0.2) is 34.9 Å². The Balaban J connectivity index is 1.51. The highest BCUT2D eigenvalue weighted by Crippen LogP contribution is 2.25. The molecule has 1 heterocycles. The first-order chi connectivity index (χ1) is 16.9. The van der Waals surface area contributed by atoms with Gasteiger partial charge in [0.05, 0.1) is 6.54 Å². The van der Waals surface area contributed by atoms with Crippen LogP contribution in [0, 0.1) is 5.82 Å². The van der Waals surface area contributed by atoms with E-state index in [4.69, 9.17) is 10.5 Å². The van der Waals surface area contributed by atoms with E-state index in [2.05, 4.69) is 5.32 Å². The molecular formula is C27H26FN3O4. The normalized spacial score (nSPS) is 15.6. The highest BCUT2D eigenvalue weighted by molar-refractivity contribution is 5.91. The number of hydrogen-bond donors (Lipinski definition) is 2. The van der Waals surface area contributed by atoms with E-state index >= 15 is 0 Å². The molecule has 0 bridgehead atoms. The van der Waals surface area contributed by atoms with Gasteiger partial charge < -0.3 is 15.8 Å². The zero-order valence-corrected chi connectivity index (χ0v) is 19.0. The van der Waals surface area contributed by atoms with E-state index < -0.39 is 35.8 Å². The van der Waals surface area contributed by atoms with Gasteiger partial charge in [-0.1, -0.05) is 66.7 Å². The molecule has 7 nitrogen and oxygen atoms in total. The Morgan fingerprint density at radius 3 is 2.29 bits per heavy atom. The molecule has 0 radical (unpaired) electrons. The van der Waals surface area contributed by atoms with Crippen LogP contribution < -0.4 is 11.1 Å². The lowest BCUT2D eigenvalue weighted by atomic mass is 9.93. The van der Waals surface area contributed by atoms with E-state index in [0.717, 1.165) is 16.7 Å². The quantitative estimate of drug-likeness (QED) is 0.548. The minimum absolute atomic E-state index is 0.0701. The molecule has 180 valence electrons. The minimum Gasteiger partial charge on any atom is -0.445 e. The number of nitrogens with zero attached hydrogens (tertiary/aromatic N) is 1. The molecule has 35 heavy (non-hydrogen) atoms. The molecule has 2 atom stereocenters. The molecule has 0 fully saturated rings. The van der Waals surface area contributed by atoms with Gasteiger partial charge in [0.2, 0.25) is 11.8 Å². The Kier molecular flexibility index (Phi) is 7.40. The molecule has 1 aliphatic rings. The van der Waals surface area contributed by atoms with E-state index in [0.29, 0.717) is 5.56 Å². The lowest BCUT2D eigenvalue weighted by Crippen LogP contribution is -2.56. The Bertz CT molecular complexity index is 1200. The van der Waals surface area contributed by atoms with Gasteiger partial charge in [0.1, 0.15) is 24.5 Å². The van der Waals surface area contributed by atoms with Crippen molar-refractivity contribution in [2.75, 3.05) is 0 Å². The summed E-state index contributed by atoms with van der Waals surface area (Å²) < 4.78 is 18.7. The van der Waals surface area contributed by atoms with E-state index in [1.807, 2.05) is 54.6 Å². The highest BCUT2D eigenvalue weighted by atomic mass is 19.1. The van der Waals surface area contributed by atoms with Crippen molar-refractivity contribution < 1.29 is 23.5 Å². The first kappa shape index (κ1) is 23.9. The summed E-state index contributed by atoms with van der Waals surface area (Å²) in [5.74, 6) is -1.64. The predicted molar refractivity (Wildman–Crippen MR) is 127 cm³/mol. The topological polar surface area (TPSA) is 102 Å². The van der Waals surface area contributed by atoms with Crippen molar-refractivity contribution in [2.45, 2.75) is 38.1 Å². The van der Waals surface area contributed by atoms with Crippen LogP contribution in [0.25, 0.3) is 0 Å². The fourth-order valence-electron chi connectivity index (χ4n) is 4.10. The van der Waals surface area contributed by atoms with Crippen LogP contribution in [0.15, 0.2) is 78.9 Å². The number of nitrogens with two attached hydrogens (primary N) is 1. The van der Waals surface area contributed by atoms with E-state index in [-0.39, 0.29) is 26.0 Å². The van der Waals surface area contributed by atoms with Crippen molar-refractivity contribution in [1.29, 1.82) is 0 Å². The van der Waals surface area contributed by atoms with Crippen molar-refractivity contribution in [2.24, 2.45) is 5.73 Å². The summed E-state index contributed by atoms with van der Waals surface area (Å²) in [5.41, 5.74) is 8.87. The second-order valence-corrected chi connectivity index (χ2v) is 8.45. The van der Waals surface area contributed by atoms with Crippen molar-refractivity contribution in [1.82, 2.24) is 10.2 Å². The third-order valence-electron chi connectivity index (χ3n) is 6.00. The smallest absolute Gasteiger partial charge is 0.411 e. The largest absolute Gasteiger partial charge is 0.445 e. The van der Waals surface area contributed by atoms with Gasteiger partial charge in [-0.05, 0) is 34.4 Å². The zero-order valence-electron chi connectivity index (χ0n) is 19.0. The molecule has 3 aromatic carbocycles. The summed E-state index contributed by atoms with van der Waals surface area (Å²) >= 11 is 0. The van der Waals surface area contributed by atoms with Crippen LogP contribution in [-0.2, 0) is 40.3 Å². The number of halogens is 1. The molecule has 0 aliphatic carbocycles. The van der Waals surface area contributed by atoms with Crippen LogP contribution in [0.1, 0.15) is 22.3 Å². The molecule has 3 aromatic rings. The fraction of sp³-hybridized carbons (Fsp3) is 0.222. The SMILES string of the molecule is NC(=O)[C@H](Cc1ccc(F)cc1)NC(=O)[C@@H]1Cc2ccccc2CN1C(=O)OCc1ccccc1. The zero-order chi connectivity index (χ0) is 24.8. The van der Waals surface area contributed by atoms with E-state index in [9.17, 15) is 18.8 Å². The number of nitrogens with one attached hydrogen (secondary N) is 1. The van der Waals surface area contributed by atoms with Gasteiger partial charge in [0, 0.05) is 12.8 Å². The molecule has 0 aromatic heterocycles. The van der Waals surface area contributed by atoms with Crippen molar-refractivity contribution in [3.05, 3.63) is 107 Å². The number of benzene rings is 3. The summed E-state index contributed by atoms with van der Waals surface area (Å²) in [4.78, 5) is 39.8. The maximum Gasteiger partial charge on any atom is 0.411 e. The number of hydrogen-bond acceptors (Lipinski definition) is 4. The number of rotatable bonds is 7. The highest BCUT2D eigenvalue weighted by Gasteiger charge is 2.37. The molecule has 0 unspecified atom stereocenters. The number of primary amides is 1. The summed E-state index contributed by atoms with van der Waals surface area (Å²) in [6.07, 6.45) is -0.259. The lowest BCUT2D eigenvalue weighted by molar-refractivity contribution is -0.131. The van der Waals surface area contributed by atoms with E-state index in [1.165, 1.54) is 29.2 Å². The second kappa shape index (κ2) is 10.8. The van der Waals surface area contributed by atoms with E-state index in [1.54, 1.807) is 0 Å². The molecule has 3 N–H and O–H groups in total. The standard InChI is InChI=1S/C27H26FN3O4/c28-22-12-10-18(11-13-22)14-23(25(29)32)30-26(33)24-15-20-8-4-5-9-21(20)16-31(24)27(34)35-17-19-6-2-1-3-7-19/h1-13,23-24H,14-17H2,(H2,29,32)(H,30,33)/t23-,24-/m0/s1. The molecule has 1 aliphatic heterocycles. The molecule has 4 rings (SSSR count). The molecule has 0 saturated carbocycles. The summed E-state index contributed by atoms with van der Waals surface area (Å²) in [5, 5.41) is 2.68. The summed E-state index contributed by atoms with van der Waals surface area (Å²) in [6, 6.07) is 20.5. The van der Waals surface area contributed by atoms with Gasteiger partial charge in [0.15, 0.2) is 0 Å². The average molecular weight is 476 g/mol. The summed E-state index contributed by atoms with van der Waals surface area (Å²) in [7, 11) is 0. The maximum absolute atomic E-state index is 13.3. The molecular weight excluding hydrogens is 449 g/mol. The Hall–Kier alpha value is -4.20. The predicted octanol–water partition coefficient (Wildman–Crippen LogP) is 3.10. The Morgan fingerprint density at radius 2 is 1.60 bits per heavy atom. The third-order valence-corrected chi connectivity index (χ3v) is 6.00. The molecule has 0 spiro atoms. The maximum atomic E-state index is 13.3. The van der Waals surface area contributed by atoms with Gasteiger partial charge in [0.25, 0.3) is 0 Å². The first-order valence-electron chi connectivity index (χ1n) is 11.3. The van der Waals surface area contributed by atoms with Crippen molar-refractivity contribution in [3.8, 4) is 0 Å². The monoisotopic (exact) mass is 475 g/mol. The average Bonchev–Trinajstić information content (AvgIpc) is 2.87. The van der Waals surface area contributed by atoms with Crippen molar-refractivity contribution >= 4 is 17.9 Å². The molecule has 8 heteroatoms. The molecule has 3 amide bonds. The minimum atomic E-state index is -1.02. The van der Waals surface area contributed by atoms with Gasteiger partial charge in [-0.25, -0.2) is 9.18 Å². The van der Waals surface area contributed by atoms with Crippen LogP contribution in [0.2, 0.25) is 0 Å². The number of carbonyl (C=O) groups excluding carboxylic acids is 3. The number of fused-ring (bicyclic) bond motifs is 1. The van der Waals surface area contributed by atoms with Gasteiger partial charge >= 0.3 is 6.09 Å². The third kappa shape index (κ3) is 6.03. The summed E-state index contributed by atoms with van der Waals surface area (Å²) in [6.45, 7) is 0.266. The van der Waals surface area contributed by atoms with Crippen LogP contribution in [0.5, 0.6) is 0 Å². The van der Waals surface area contributed by atoms with Gasteiger partial charge in [-0.15, -0.1) is 0 Å². The van der Waals surface area contributed by atoms with Gasteiger partial charge in [-0.3, -0.25) is 14.5 Å². The van der Waals surface area contributed by atoms with Crippen LogP contribution in [0.4, 0.5) is 9.18 Å². The Morgan fingerprint density at radius 1 is 0.943 bits per heavy atom. The number of ether oxygens (including phenoxy) is 1. The van der Waals surface area contributed by atoms with Gasteiger partial charge in [-0.2, -0.15) is 0 Å². The van der Waals surface area contributed by atoms with Crippen molar-refractivity contribution in [3.63, 3.8) is 0 Å². The first-order valence-corrected chi connectivity index (χ1v) is 11.3. The Labute approximate surface area is 202 Å². The van der Waals surface area contributed by atoms with Crippen LogP contribution in [0.3, 0.4) is 0 Å². The number of carbonyl (C=O) groups is 3. The van der Waals surface area contributed by atoms with Crippen LogP contribution >= 0.6 is 0 Å². The number of amides is 3. The fourth-order valence-corrected chi connectivity index (χ4v) is 4.10. The second-order valence-electron chi connectivity index (χ2n) is 8.45. The lowest BCUT2D eigenvalue weighted by Gasteiger charge is -2.35. The molecule has 0 saturated heterocycles.